The van der Waals surface area contributed by atoms with E-state index in [1.807, 2.05) is 6.08 Å². The molecule has 47 heavy (non-hydrogen) atoms. The van der Waals surface area contributed by atoms with E-state index < -0.39 is 18.2 Å². The Kier molecular flexibility index (Phi) is 36.7. The van der Waals surface area contributed by atoms with E-state index in [-0.39, 0.29) is 18.9 Å². The summed E-state index contributed by atoms with van der Waals surface area (Å²) in [6.45, 7) is 4.20. The third-order valence-corrected chi connectivity index (χ3v) is 9.48. The summed E-state index contributed by atoms with van der Waals surface area (Å²) in [5, 5.41) is 33.1. The first-order chi connectivity index (χ1) is 23.0. The maximum atomic E-state index is 12.4. The highest BCUT2D eigenvalue weighted by atomic mass is 16.3. The Morgan fingerprint density at radius 2 is 0.894 bits per heavy atom. The molecule has 0 heterocycles. The van der Waals surface area contributed by atoms with Gasteiger partial charge in [-0.15, -0.1) is 0 Å². The molecule has 0 aromatic heterocycles. The van der Waals surface area contributed by atoms with Crippen molar-refractivity contribution in [3.8, 4) is 0 Å². The van der Waals surface area contributed by atoms with Crippen LogP contribution in [-0.2, 0) is 4.79 Å². The number of allylic oxidation sites excluding steroid dienone is 3. The zero-order chi connectivity index (χ0) is 34.5. The lowest BCUT2D eigenvalue weighted by atomic mass is 10.0. The summed E-state index contributed by atoms with van der Waals surface area (Å²) in [7, 11) is 0. The third kappa shape index (κ3) is 34.5. The number of nitrogens with one attached hydrogen (secondary N) is 1. The van der Waals surface area contributed by atoms with Crippen LogP contribution in [0.15, 0.2) is 24.3 Å². The molecule has 5 heteroatoms. The molecular formula is C42H81NO4. The summed E-state index contributed by atoms with van der Waals surface area (Å²) in [5.41, 5.74) is 0. The molecule has 278 valence electrons. The fourth-order valence-corrected chi connectivity index (χ4v) is 6.27. The molecule has 0 radical (unpaired) electrons. The predicted octanol–water partition coefficient (Wildman–Crippen LogP) is 11.4. The number of carbonyl (C=O) groups excluding carboxylic acids is 1. The molecular weight excluding hydrogens is 582 g/mol. The lowest BCUT2D eigenvalue weighted by Crippen LogP contribution is -2.45. The molecule has 0 aliphatic heterocycles. The minimum atomic E-state index is -0.928. The quantitative estimate of drug-likeness (QED) is 0.0393. The van der Waals surface area contributed by atoms with Gasteiger partial charge in [-0.1, -0.05) is 186 Å². The van der Waals surface area contributed by atoms with Crippen molar-refractivity contribution in [2.75, 3.05) is 6.61 Å². The van der Waals surface area contributed by atoms with Crippen LogP contribution < -0.4 is 5.32 Å². The van der Waals surface area contributed by atoms with E-state index in [9.17, 15) is 20.1 Å². The van der Waals surface area contributed by atoms with Crippen molar-refractivity contribution in [1.29, 1.82) is 0 Å². The number of amides is 1. The van der Waals surface area contributed by atoms with Gasteiger partial charge in [0.25, 0.3) is 0 Å². The summed E-state index contributed by atoms with van der Waals surface area (Å²) < 4.78 is 0. The van der Waals surface area contributed by atoms with Crippen molar-refractivity contribution in [3.63, 3.8) is 0 Å². The standard InChI is InChI=1S/C42H81NO4/c1-3-5-7-9-11-13-15-17-19-20-21-22-23-25-27-29-31-33-35-39(45)37-42(47)43-40(38-44)41(46)36-34-32-30-28-26-24-18-16-14-12-10-8-6-4-2/h21-22,34,36,39-41,44-46H,3-20,23-33,35,37-38H2,1-2H3,(H,43,47)/b22-21-,36-34+. The fourth-order valence-electron chi connectivity index (χ4n) is 6.27. The third-order valence-electron chi connectivity index (χ3n) is 9.48. The SMILES string of the molecule is CCCCCCCCCCC/C=C\CCCCCCCC(O)CC(=O)NC(CO)C(O)/C=C/CCCCCCCCCCCCCC. The predicted molar refractivity (Wildman–Crippen MR) is 204 cm³/mol. The molecule has 0 rings (SSSR count). The summed E-state index contributed by atoms with van der Waals surface area (Å²) >= 11 is 0. The molecule has 0 aliphatic carbocycles. The summed E-state index contributed by atoms with van der Waals surface area (Å²) in [4.78, 5) is 12.4. The Morgan fingerprint density at radius 1 is 0.532 bits per heavy atom. The molecule has 0 aliphatic rings. The van der Waals surface area contributed by atoms with E-state index in [1.54, 1.807) is 6.08 Å². The van der Waals surface area contributed by atoms with E-state index >= 15 is 0 Å². The number of carbonyl (C=O) groups is 1. The van der Waals surface area contributed by atoms with Crippen LogP contribution in [0.3, 0.4) is 0 Å². The topological polar surface area (TPSA) is 89.8 Å². The highest BCUT2D eigenvalue weighted by Gasteiger charge is 2.20. The first kappa shape index (κ1) is 45.8. The Labute approximate surface area is 292 Å². The summed E-state index contributed by atoms with van der Waals surface area (Å²) in [5.74, 6) is -0.320. The number of hydrogen-bond acceptors (Lipinski definition) is 4. The number of aliphatic hydroxyl groups excluding tert-OH is 3. The first-order valence-corrected chi connectivity index (χ1v) is 20.6. The Bertz CT molecular complexity index is 694. The normalized spacial score (nSPS) is 13.9. The molecule has 0 spiro atoms. The van der Waals surface area contributed by atoms with Crippen LogP contribution in [0.2, 0.25) is 0 Å². The van der Waals surface area contributed by atoms with E-state index in [0.29, 0.717) is 6.42 Å². The van der Waals surface area contributed by atoms with Crippen LogP contribution in [0, 0.1) is 0 Å². The van der Waals surface area contributed by atoms with Crippen molar-refractivity contribution in [3.05, 3.63) is 24.3 Å². The number of rotatable bonds is 37. The molecule has 0 saturated carbocycles. The van der Waals surface area contributed by atoms with Gasteiger partial charge in [0, 0.05) is 0 Å². The monoisotopic (exact) mass is 664 g/mol. The number of hydrogen-bond donors (Lipinski definition) is 4. The molecule has 5 nitrogen and oxygen atoms in total. The largest absolute Gasteiger partial charge is 0.394 e. The summed E-state index contributed by atoms with van der Waals surface area (Å²) in [6.07, 6.45) is 44.5. The van der Waals surface area contributed by atoms with Crippen LogP contribution in [0.25, 0.3) is 0 Å². The maximum absolute atomic E-state index is 12.4. The second-order valence-corrected chi connectivity index (χ2v) is 14.2. The Morgan fingerprint density at radius 3 is 1.30 bits per heavy atom. The number of unbranched alkanes of at least 4 members (excludes halogenated alkanes) is 26. The molecule has 0 bridgehead atoms. The average Bonchev–Trinajstić information content (AvgIpc) is 3.06. The van der Waals surface area contributed by atoms with Gasteiger partial charge in [-0.25, -0.2) is 0 Å². The Balaban J connectivity index is 3.70. The van der Waals surface area contributed by atoms with Crippen LogP contribution in [0.1, 0.15) is 213 Å². The second kappa shape index (κ2) is 37.6. The van der Waals surface area contributed by atoms with Crippen molar-refractivity contribution in [2.24, 2.45) is 0 Å². The second-order valence-electron chi connectivity index (χ2n) is 14.2. The highest BCUT2D eigenvalue weighted by molar-refractivity contribution is 5.76. The van der Waals surface area contributed by atoms with Crippen molar-refractivity contribution < 1.29 is 20.1 Å². The molecule has 0 fully saturated rings. The van der Waals surface area contributed by atoms with E-state index in [2.05, 4.69) is 31.3 Å². The number of aliphatic hydroxyl groups is 3. The summed E-state index contributed by atoms with van der Waals surface area (Å²) in [6, 6.07) is -0.743. The molecule has 3 unspecified atom stereocenters. The van der Waals surface area contributed by atoms with E-state index in [4.69, 9.17) is 0 Å². The van der Waals surface area contributed by atoms with Crippen molar-refractivity contribution in [2.45, 2.75) is 231 Å². The highest BCUT2D eigenvalue weighted by Crippen LogP contribution is 2.14. The molecule has 3 atom stereocenters. The average molecular weight is 664 g/mol. The van der Waals surface area contributed by atoms with Crippen LogP contribution in [0.4, 0.5) is 0 Å². The van der Waals surface area contributed by atoms with E-state index in [0.717, 1.165) is 38.5 Å². The zero-order valence-electron chi connectivity index (χ0n) is 31.4. The van der Waals surface area contributed by atoms with E-state index in [1.165, 1.54) is 148 Å². The maximum Gasteiger partial charge on any atom is 0.222 e. The molecule has 0 saturated heterocycles. The van der Waals surface area contributed by atoms with Gasteiger partial charge in [-0.3, -0.25) is 4.79 Å². The lowest BCUT2D eigenvalue weighted by molar-refractivity contribution is -0.124. The first-order valence-electron chi connectivity index (χ1n) is 20.6. The van der Waals surface area contributed by atoms with Gasteiger partial charge in [0.05, 0.1) is 31.3 Å². The molecule has 1 amide bonds. The minimum Gasteiger partial charge on any atom is -0.394 e. The molecule has 4 N–H and O–H groups in total. The van der Waals surface area contributed by atoms with Crippen molar-refractivity contribution >= 4 is 5.91 Å². The molecule has 0 aromatic rings. The van der Waals surface area contributed by atoms with Gasteiger partial charge in [0.2, 0.25) is 5.91 Å². The van der Waals surface area contributed by atoms with Crippen LogP contribution in [0.5, 0.6) is 0 Å². The minimum absolute atomic E-state index is 0.00947. The fraction of sp³-hybridized carbons (Fsp3) is 0.881. The lowest BCUT2D eigenvalue weighted by Gasteiger charge is -2.21. The van der Waals surface area contributed by atoms with Gasteiger partial charge in [-0.2, -0.15) is 0 Å². The van der Waals surface area contributed by atoms with Gasteiger partial charge in [0.15, 0.2) is 0 Å². The van der Waals surface area contributed by atoms with Gasteiger partial charge in [0.1, 0.15) is 0 Å². The smallest absolute Gasteiger partial charge is 0.222 e. The Hall–Kier alpha value is -1.17. The van der Waals surface area contributed by atoms with Gasteiger partial charge in [-0.05, 0) is 44.9 Å². The zero-order valence-corrected chi connectivity index (χ0v) is 31.4. The molecule has 0 aromatic carbocycles. The van der Waals surface area contributed by atoms with Crippen LogP contribution in [-0.4, -0.2) is 46.1 Å². The van der Waals surface area contributed by atoms with Gasteiger partial charge < -0.3 is 20.6 Å². The van der Waals surface area contributed by atoms with Crippen LogP contribution >= 0.6 is 0 Å². The van der Waals surface area contributed by atoms with Crippen molar-refractivity contribution in [1.82, 2.24) is 5.32 Å². The van der Waals surface area contributed by atoms with Gasteiger partial charge >= 0.3 is 0 Å².